The van der Waals surface area contributed by atoms with Crippen LogP contribution in [0, 0.1) is 0 Å². The van der Waals surface area contributed by atoms with Gasteiger partial charge < -0.3 is 10.1 Å². The lowest BCUT2D eigenvalue weighted by Crippen LogP contribution is -2.54. The van der Waals surface area contributed by atoms with E-state index in [1.54, 1.807) is 0 Å². The van der Waals surface area contributed by atoms with Gasteiger partial charge in [-0.2, -0.15) is 0 Å². The van der Waals surface area contributed by atoms with Gasteiger partial charge in [0, 0.05) is 18.0 Å². The molecule has 1 saturated heterocycles. The van der Waals surface area contributed by atoms with E-state index in [-0.39, 0.29) is 12.1 Å². The van der Waals surface area contributed by atoms with Crippen LogP contribution < -0.4 is 5.32 Å². The van der Waals surface area contributed by atoms with Crippen molar-refractivity contribution in [1.82, 2.24) is 10.2 Å². The van der Waals surface area contributed by atoms with Gasteiger partial charge in [-0.1, -0.05) is 35.4 Å². The molecule has 1 N–H and O–H groups in total. The number of nitrogens with one attached hydrogen (secondary N) is 1. The number of carbonyl (C=O) groups is 1. The predicted octanol–water partition coefficient (Wildman–Crippen LogP) is 3.46. The monoisotopic (exact) mass is 331 g/mol. The van der Waals surface area contributed by atoms with Crippen LogP contribution >= 0.6 is 0 Å². The average molecular weight is 331 g/mol. The van der Waals surface area contributed by atoms with Crippen molar-refractivity contribution in [2.45, 2.75) is 51.4 Å². The molecule has 2 atom stereocenters. The van der Waals surface area contributed by atoms with Crippen LogP contribution in [0.25, 0.3) is 10.4 Å². The number of alkyl carbamates (subject to hydrolysis) is 1. The van der Waals surface area contributed by atoms with Gasteiger partial charge in [0.1, 0.15) is 5.60 Å². The van der Waals surface area contributed by atoms with Gasteiger partial charge in [0.05, 0.1) is 12.1 Å². The van der Waals surface area contributed by atoms with Gasteiger partial charge in [-0.3, -0.25) is 4.90 Å². The Kier molecular flexibility index (Phi) is 6.06. The largest absolute Gasteiger partial charge is 0.444 e. The van der Waals surface area contributed by atoms with E-state index >= 15 is 0 Å². The van der Waals surface area contributed by atoms with Crippen LogP contribution in [0.4, 0.5) is 4.79 Å². The Hall–Kier alpha value is -2.24. The SMILES string of the molecule is CC(C)(C)OC(=O)N[C@H]1CN(Cc2ccccc2)CC[C@@H]1N=[N+]=[N-]. The van der Waals surface area contributed by atoms with E-state index in [0.29, 0.717) is 13.0 Å². The molecular weight excluding hydrogens is 306 g/mol. The minimum absolute atomic E-state index is 0.255. The normalized spacial score (nSPS) is 21.6. The summed E-state index contributed by atoms with van der Waals surface area (Å²) in [7, 11) is 0. The topological polar surface area (TPSA) is 90.3 Å². The first-order valence-corrected chi connectivity index (χ1v) is 8.17. The van der Waals surface area contributed by atoms with Crippen LogP contribution in [0.5, 0.6) is 0 Å². The van der Waals surface area contributed by atoms with Gasteiger partial charge in [0.25, 0.3) is 0 Å². The molecule has 130 valence electrons. The molecule has 24 heavy (non-hydrogen) atoms. The maximum Gasteiger partial charge on any atom is 0.407 e. The molecule has 1 aliphatic rings. The average Bonchev–Trinajstić information content (AvgIpc) is 2.49. The number of piperidine rings is 1. The summed E-state index contributed by atoms with van der Waals surface area (Å²) in [5.74, 6) is 0. The Morgan fingerprint density at radius 3 is 2.75 bits per heavy atom. The predicted molar refractivity (Wildman–Crippen MR) is 92.4 cm³/mol. The summed E-state index contributed by atoms with van der Waals surface area (Å²) in [6, 6.07) is 9.66. The number of rotatable bonds is 4. The number of azide groups is 1. The lowest BCUT2D eigenvalue weighted by Gasteiger charge is -2.37. The summed E-state index contributed by atoms with van der Waals surface area (Å²) < 4.78 is 5.32. The van der Waals surface area contributed by atoms with E-state index in [9.17, 15) is 4.79 Å². The third-order valence-corrected chi connectivity index (χ3v) is 3.81. The van der Waals surface area contributed by atoms with Crippen LogP contribution in [0.1, 0.15) is 32.8 Å². The van der Waals surface area contributed by atoms with Gasteiger partial charge >= 0.3 is 6.09 Å². The summed E-state index contributed by atoms with van der Waals surface area (Å²) in [6.07, 6.45) is 0.226. The quantitative estimate of drug-likeness (QED) is 0.520. The van der Waals surface area contributed by atoms with E-state index in [1.807, 2.05) is 39.0 Å². The van der Waals surface area contributed by atoms with Crippen molar-refractivity contribution < 1.29 is 9.53 Å². The minimum atomic E-state index is -0.559. The highest BCUT2D eigenvalue weighted by Crippen LogP contribution is 2.18. The van der Waals surface area contributed by atoms with Crippen LogP contribution in [0.2, 0.25) is 0 Å². The summed E-state index contributed by atoms with van der Waals surface area (Å²) in [6.45, 7) is 7.71. The third-order valence-electron chi connectivity index (χ3n) is 3.81. The molecule has 7 heteroatoms. The van der Waals surface area contributed by atoms with Gasteiger partial charge in [-0.15, -0.1) is 0 Å². The Morgan fingerprint density at radius 1 is 1.42 bits per heavy atom. The molecule has 1 aliphatic heterocycles. The van der Waals surface area contributed by atoms with Crippen LogP contribution in [-0.4, -0.2) is 41.8 Å². The standard InChI is InChI=1S/C17H25N5O2/c1-17(2,3)24-16(23)19-15-12-22(10-9-14(15)20-21-18)11-13-7-5-4-6-8-13/h4-8,14-15H,9-12H2,1-3H3,(H,19,23)/t14-,15-/m0/s1. The fourth-order valence-electron chi connectivity index (χ4n) is 2.80. The molecule has 2 rings (SSSR count). The second kappa shape index (κ2) is 8.04. The number of carbonyl (C=O) groups excluding carboxylic acids is 1. The number of nitrogens with zero attached hydrogens (tertiary/aromatic N) is 4. The third kappa shape index (κ3) is 5.76. The molecule has 0 aliphatic carbocycles. The maximum atomic E-state index is 12.1. The zero-order chi connectivity index (χ0) is 17.6. The molecule has 1 aromatic rings. The van der Waals surface area contributed by atoms with Gasteiger partial charge in [-0.25, -0.2) is 4.79 Å². The van der Waals surface area contributed by atoms with E-state index < -0.39 is 11.7 Å². The second-order valence-electron chi connectivity index (χ2n) is 7.03. The molecular formula is C17H25N5O2. The molecule has 0 spiro atoms. The molecule has 7 nitrogen and oxygen atoms in total. The van der Waals surface area contributed by atoms with Gasteiger partial charge in [0.15, 0.2) is 0 Å². The molecule has 1 fully saturated rings. The number of ether oxygens (including phenoxy) is 1. The van der Waals surface area contributed by atoms with Crippen molar-refractivity contribution >= 4 is 6.09 Å². The molecule has 1 aromatic carbocycles. The molecule has 0 saturated carbocycles. The van der Waals surface area contributed by atoms with Crippen LogP contribution in [0.15, 0.2) is 35.4 Å². The highest BCUT2D eigenvalue weighted by Gasteiger charge is 2.31. The number of amides is 1. The van der Waals surface area contributed by atoms with Crippen molar-refractivity contribution in [2.75, 3.05) is 13.1 Å². The summed E-state index contributed by atoms with van der Waals surface area (Å²) >= 11 is 0. The molecule has 0 unspecified atom stereocenters. The lowest BCUT2D eigenvalue weighted by atomic mass is 9.99. The van der Waals surface area contributed by atoms with E-state index in [1.165, 1.54) is 5.56 Å². The number of hydrogen-bond donors (Lipinski definition) is 1. The fourth-order valence-corrected chi connectivity index (χ4v) is 2.80. The first-order chi connectivity index (χ1) is 11.4. The van der Waals surface area contributed by atoms with Crippen molar-refractivity contribution in [3.63, 3.8) is 0 Å². The molecule has 0 bridgehead atoms. The number of hydrogen-bond acceptors (Lipinski definition) is 4. The van der Waals surface area contributed by atoms with Crippen molar-refractivity contribution in [2.24, 2.45) is 5.11 Å². The Labute approximate surface area is 142 Å². The smallest absolute Gasteiger partial charge is 0.407 e. The molecule has 0 aromatic heterocycles. The summed E-state index contributed by atoms with van der Waals surface area (Å²) in [5.41, 5.74) is 9.42. The second-order valence-corrected chi connectivity index (χ2v) is 7.03. The highest BCUT2D eigenvalue weighted by molar-refractivity contribution is 5.68. The number of benzene rings is 1. The zero-order valence-corrected chi connectivity index (χ0v) is 14.5. The van der Waals surface area contributed by atoms with Crippen molar-refractivity contribution in [3.8, 4) is 0 Å². The lowest BCUT2D eigenvalue weighted by molar-refractivity contribution is 0.0457. The Bertz CT molecular complexity index is 593. The first-order valence-electron chi connectivity index (χ1n) is 8.17. The zero-order valence-electron chi connectivity index (χ0n) is 14.5. The van der Waals surface area contributed by atoms with E-state index in [4.69, 9.17) is 10.3 Å². The number of likely N-dealkylation sites (tertiary alicyclic amines) is 1. The highest BCUT2D eigenvalue weighted by atomic mass is 16.6. The van der Waals surface area contributed by atoms with E-state index in [2.05, 4.69) is 32.4 Å². The molecule has 1 heterocycles. The summed E-state index contributed by atoms with van der Waals surface area (Å²) in [4.78, 5) is 17.2. The van der Waals surface area contributed by atoms with Crippen molar-refractivity contribution in [1.29, 1.82) is 0 Å². The van der Waals surface area contributed by atoms with Gasteiger partial charge in [-0.05, 0) is 44.8 Å². The Morgan fingerprint density at radius 2 is 2.12 bits per heavy atom. The van der Waals surface area contributed by atoms with Crippen molar-refractivity contribution in [3.05, 3.63) is 46.3 Å². The maximum absolute atomic E-state index is 12.1. The van der Waals surface area contributed by atoms with Crippen LogP contribution in [-0.2, 0) is 11.3 Å². The van der Waals surface area contributed by atoms with E-state index in [0.717, 1.165) is 13.1 Å². The first kappa shape index (κ1) is 18.1. The fraction of sp³-hybridized carbons (Fsp3) is 0.588. The summed E-state index contributed by atoms with van der Waals surface area (Å²) in [5, 5.41) is 6.70. The minimum Gasteiger partial charge on any atom is -0.444 e. The molecule has 1 amide bonds. The van der Waals surface area contributed by atoms with Crippen LogP contribution in [0.3, 0.4) is 0 Å². The van der Waals surface area contributed by atoms with Gasteiger partial charge in [0.2, 0.25) is 0 Å². The Balaban J connectivity index is 2.00. The molecule has 0 radical (unpaired) electrons.